The number of carbonyl (C=O) groups excluding carboxylic acids is 1. The van der Waals surface area contributed by atoms with Crippen LogP contribution in [0.5, 0.6) is 5.75 Å². The summed E-state index contributed by atoms with van der Waals surface area (Å²) in [7, 11) is 0. The molecule has 0 spiro atoms. The summed E-state index contributed by atoms with van der Waals surface area (Å²) in [6, 6.07) is 8.53. The van der Waals surface area contributed by atoms with Crippen LogP contribution < -0.4 is 15.6 Å². The minimum atomic E-state index is -0.231. The van der Waals surface area contributed by atoms with E-state index in [-0.39, 0.29) is 24.0 Å². The van der Waals surface area contributed by atoms with Gasteiger partial charge in [-0.1, -0.05) is 31.3 Å². The predicted octanol–water partition coefficient (Wildman–Crippen LogP) is 2.63. The van der Waals surface area contributed by atoms with Crippen LogP contribution >= 0.6 is 11.3 Å². The minimum absolute atomic E-state index is 0.0575. The van der Waals surface area contributed by atoms with E-state index in [4.69, 9.17) is 4.74 Å². The van der Waals surface area contributed by atoms with Gasteiger partial charge in [0.15, 0.2) is 0 Å². The lowest BCUT2D eigenvalue weighted by molar-refractivity contribution is -0.118. The standard InChI is InChI=1S/C17H18N4O3S/c1-10(2)16(23)18-12-5-4-6-14(7-12)24-9-13-8-15(22)21-17(19-13)25-11(3)20-21/h4-8,10H,9H2,1-3H3,(H,18,23). The smallest absolute Gasteiger partial charge is 0.275 e. The zero-order valence-corrected chi connectivity index (χ0v) is 15.0. The number of fused-ring (bicyclic) bond motifs is 1. The second kappa shape index (κ2) is 7.02. The molecule has 2 aromatic heterocycles. The summed E-state index contributed by atoms with van der Waals surface area (Å²) >= 11 is 1.35. The number of anilines is 1. The van der Waals surface area contributed by atoms with Gasteiger partial charge >= 0.3 is 0 Å². The Bertz CT molecular complexity index is 977. The highest BCUT2D eigenvalue weighted by Crippen LogP contribution is 2.19. The van der Waals surface area contributed by atoms with E-state index in [0.717, 1.165) is 5.01 Å². The van der Waals surface area contributed by atoms with Crippen molar-refractivity contribution in [3.05, 3.63) is 51.4 Å². The number of amides is 1. The first-order valence-corrected chi connectivity index (χ1v) is 8.64. The van der Waals surface area contributed by atoms with Crippen LogP contribution in [0.3, 0.4) is 0 Å². The van der Waals surface area contributed by atoms with E-state index in [2.05, 4.69) is 15.4 Å². The van der Waals surface area contributed by atoms with Crippen molar-refractivity contribution >= 4 is 27.9 Å². The van der Waals surface area contributed by atoms with E-state index in [1.807, 2.05) is 20.8 Å². The van der Waals surface area contributed by atoms with Gasteiger partial charge in [0, 0.05) is 23.7 Å². The van der Waals surface area contributed by atoms with Crippen molar-refractivity contribution < 1.29 is 9.53 Å². The summed E-state index contributed by atoms with van der Waals surface area (Å²) in [4.78, 5) is 28.7. The van der Waals surface area contributed by atoms with Crippen LogP contribution in [-0.2, 0) is 11.4 Å². The lowest BCUT2D eigenvalue weighted by Gasteiger charge is -2.10. The number of ether oxygens (including phenoxy) is 1. The van der Waals surface area contributed by atoms with E-state index < -0.39 is 0 Å². The Hall–Kier alpha value is -2.74. The van der Waals surface area contributed by atoms with Crippen molar-refractivity contribution in [2.45, 2.75) is 27.4 Å². The van der Waals surface area contributed by atoms with Crippen LogP contribution in [-0.4, -0.2) is 20.5 Å². The van der Waals surface area contributed by atoms with Crippen LogP contribution in [0.4, 0.5) is 5.69 Å². The average Bonchev–Trinajstić information content (AvgIpc) is 2.94. The highest BCUT2D eigenvalue weighted by atomic mass is 32.1. The van der Waals surface area contributed by atoms with E-state index in [1.54, 1.807) is 24.3 Å². The predicted molar refractivity (Wildman–Crippen MR) is 96.1 cm³/mol. The molecule has 0 atom stereocenters. The number of hydrogen-bond donors (Lipinski definition) is 1. The Labute approximate surface area is 148 Å². The van der Waals surface area contributed by atoms with Crippen LogP contribution in [0.1, 0.15) is 24.5 Å². The van der Waals surface area contributed by atoms with Gasteiger partial charge in [-0.25, -0.2) is 4.98 Å². The first-order valence-electron chi connectivity index (χ1n) is 7.82. The molecule has 0 bridgehead atoms. The molecule has 0 aliphatic rings. The third kappa shape index (κ3) is 4.03. The monoisotopic (exact) mass is 358 g/mol. The number of benzene rings is 1. The number of rotatable bonds is 5. The molecule has 0 aliphatic carbocycles. The van der Waals surface area contributed by atoms with Gasteiger partial charge in [0.25, 0.3) is 5.56 Å². The molecule has 0 fully saturated rings. The lowest BCUT2D eigenvalue weighted by atomic mass is 10.2. The van der Waals surface area contributed by atoms with Gasteiger partial charge in [0.2, 0.25) is 10.9 Å². The fourth-order valence-corrected chi connectivity index (χ4v) is 2.90. The Morgan fingerprint density at radius 3 is 2.92 bits per heavy atom. The highest BCUT2D eigenvalue weighted by Gasteiger charge is 2.09. The van der Waals surface area contributed by atoms with E-state index >= 15 is 0 Å². The maximum Gasteiger partial charge on any atom is 0.275 e. The molecule has 0 radical (unpaired) electrons. The molecule has 0 aliphatic heterocycles. The number of carbonyl (C=O) groups is 1. The van der Waals surface area contributed by atoms with E-state index in [1.165, 1.54) is 21.9 Å². The molecule has 0 saturated carbocycles. The molecular weight excluding hydrogens is 340 g/mol. The van der Waals surface area contributed by atoms with Gasteiger partial charge in [-0.15, -0.1) is 0 Å². The summed E-state index contributed by atoms with van der Waals surface area (Å²) in [5, 5.41) is 7.70. The van der Waals surface area contributed by atoms with Gasteiger partial charge in [-0.05, 0) is 19.1 Å². The molecule has 8 heteroatoms. The number of nitrogens with zero attached hydrogens (tertiary/aromatic N) is 3. The molecule has 1 aromatic carbocycles. The minimum Gasteiger partial charge on any atom is -0.487 e. The van der Waals surface area contributed by atoms with Gasteiger partial charge in [-0.2, -0.15) is 9.61 Å². The van der Waals surface area contributed by atoms with Crippen molar-refractivity contribution in [2.75, 3.05) is 5.32 Å². The summed E-state index contributed by atoms with van der Waals surface area (Å²) in [6.45, 7) is 5.64. The van der Waals surface area contributed by atoms with Crippen molar-refractivity contribution in [2.24, 2.45) is 5.92 Å². The lowest BCUT2D eigenvalue weighted by Crippen LogP contribution is -2.17. The number of aryl methyl sites for hydroxylation is 1. The molecule has 0 unspecified atom stereocenters. The number of nitrogens with one attached hydrogen (secondary N) is 1. The molecule has 1 N–H and O–H groups in total. The molecule has 3 aromatic rings. The third-order valence-corrected chi connectivity index (χ3v) is 4.24. The second-order valence-corrected chi connectivity index (χ2v) is 7.02. The number of aromatic nitrogens is 3. The van der Waals surface area contributed by atoms with Crippen LogP contribution in [0, 0.1) is 12.8 Å². The topological polar surface area (TPSA) is 85.6 Å². The summed E-state index contributed by atoms with van der Waals surface area (Å²) in [5.41, 5.74) is 0.967. The molecule has 25 heavy (non-hydrogen) atoms. The first kappa shape index (κ1) is 17.1. The summed E-state index contributed by atoms with van der Waals surface area (Å²) in [6.07, 6.45) is 0. The van der Waals surface area contributed by atoms with Gasteiger partial charge < -0.3 is 10.1 Å². The highest BCUT2D eigenvalue weighted by molar-refractivity contribution is 7.16. The third-order valence-electron chi connectivity index (χ3n) is 3.41. The van der Waals surface area contributed by atoms with Crippen LogP contribution in [0.25, 0.3) is 4.96 Å². The fraction of sp³-hybridized carbons (Fsp3) is 0.294. The van der Waals surface area contributed by atoms with Crippen LogP contribution in [0.2, 0.25) is 0 Å². The molecule has 3 rings (SSSR count). The Balaban J connectivity index is 1.73. The van der Waals surface area contributed by atoms with Crippen molar-refractivity contribution in [1.29, 1.82) is 0 Å². The molecule has 0 saturated heterocycles. The Morgan fingerprint density at radius 2 is 2.16 bits per heavy atom. The quantitative estimate of drug-likeness (QED) is 0.758. The maximum atomic E-state index is 12.0. The maximum absolute atomic E-state index is 12.0. The molecule has 2 heterocycles. The molecule has 130 valence electrons. The van der Waals surface area contributed by atoms with Crippen molar-refractivity contribution in [3.8, 4) is 5.75 Å². The number of hydrogen-bond acceptors (Lipinski definition) is 6. The Kier molecular flexibility index (Phi) is 4.80. The van der Waals surface area contributed by atoms with Gasteiger partial charge in [0.1, 0.15) is 17.4 Å². The van der Waals surface area contributed by atoms with Gasteiger partial charge in [-0.3, -0.25) is 9.59 Å². The summed E-state index contributed by atoms with van der Waals surface area (Å²) in [5.74, 6) is 0.429. The van der Waals surface area contributed by atoms with Crippen molar-refractivity contribution in [1.82, 2.24) is 14.6 Å². The normalized spacial score (nSPS) is 11.0. The van der Waals surface area contributed by atoms with Gasteiger partial charge in [0.05, 0.1) is 5.69 Å². The summed E-state index contributed by atoms with van der Waals surface area (Å²) < 4.78 is 6.99. The zero-order chi connectivity index (χ0) is 18.0. The zero-order valence-electron chi connectivity index (χ0n) is 14.1. The molecule has 1 amide bonds. The van der Waals surface area contributed by atoms with E-state index in [0.29, 0.717) is 22.1 Å². The second-order valence-electron chi connectivity index (χ2n) is 5.86. The molecular formula is C17H18N4O3S. The fourth-order valence-electron chi connectivity index (χ4n) is 2.13. The van der Waals surface area contributed by atoms with Crippen LogP contribution in [0.15, 0.2) is 35.1 Å². The SMILES string of the molecule is Cc1nn2c(=O)cc(COc3cccc(NC(=O)C(C)C)c3)nc2s1. The molecule has 7 nitrogen and oxygen atoms in total. The average molecular weight is 358 g/mol. The largest absolute Gasteiger partial charge is 0.487 e. The van der Waals surface area contributed by atoms with E-state index in [9.17, 15) is 9.59 Å². The Morgan fingerprint density at radius 1 is 1.36 bits per heavy atom. The van der Waals surface area contributed by atoms with Crippen molar-refractivity contribution in [3.63, 3.8) is 0 Å². The first-order chi connectivity index (χ1) is 11.9.